The van der Waals surface area contributed by atoms with Crippen LogP contribution in [0.15, 0.2) is 0 Å². The van der Waals surface area contributed by atoms with Gasteiger partial charge in [0.05, 0.1) is 6.04 Å². The minimum absolute atomic E-state index is 0.105. The molecule has 0 spiro atoms. The van der Waals surface area contributed by atoms with Gasteiger partial charge in [-0.15, -0.1) is 0 Å². The zero-order valence-electron chi connectivity index (χ0n) is 43.0. The van der Waals surface area contributed by atoms with Crippen molar-refractivity contribution >= 4 is 48.0 Å². The largest absolute Gasteiger partial charge is 0.444 e. The fourth-order valence-corrected chi connectivity index (χ4v) is 5.99. The second kappa shape index (κ2) is 30.3. The summed E-state index contributed by atoms with van der Waals surface area (Å²) in [4.78, 5) is 105. The number of amides is 8. The van der Waals surface area contributed by atoms with E-state index in [1.54, 1.807) is 97.2 Å². The van der Waals surface area contributed by atoms with E-state index in [0.717, 1.165) is 0 Å². The highest BCUT2D eigenvalue weighted by Gasteiger charge is 2.31. The predicted octanol–water partition coefficient (Wildman–Crippen LogP) is 4.64. The van der Waals surface area contributed by atoms with Gasteiger partial charge in [-0.3, -0.25) is 19.2 Å². The third-order valence-electron chi connectivity index (χ3n) is 9.03. The molecule has 0 rings (SSSR count). The monoisotopic (exact) mass is 958 g/mol. The molecule has 0 aromatic carbocycles. The van der Waals surface area contributed by atoms with E-state index in [4.69, 9.17) is 24.7 Å². The molecule has 0 radical (unpaired) electrons. The van der Waals surface area contributed by atoms with Crippen molar-refractivity contribution in [3.8, 4) is 0 Å². The van der Waals surface area contributed by atoms with Crippen LogP contribution in [-0.2, 0) is 38.1 Å². The van der Waals surface area contributed by atoms with Crippen molar-refractivity contribution in [2.45, 2.75) is 207 Å². The van der Waals surface area contributed by atoms with Crippen LogP contribution in [0.25, 0.3) is 0 Å². The second-order valence-electron chi connectivity index (χ2n) is 20.7. The number of likely N-dealkylation sites (N-methyl/N-ethyl adjacent to an activating group) is 1. The molecule has 21 nitrogen and oxygen atoms in total. The molecule has 0 heterocycles. The van der Waals surface area contributed by atoms with E-state index < -0.39 is 88.7 Å². The minimum atomic E-state index is -1.17. The first-order chi connectivity index (χ1) is 30.8. The summed E-state index contributed by atoms with van der Waals surface area (Å²) in [5, 5.41) is 19.1. The maximum atomic E-state index is 14.1. The Kier molecular flexibility index (Phi) is 28.0. The molecule has 0 fully saturated rings. The van der Waals surface area contributed by atoms with Gasteiger partial charge in [0, 0.05) is 40.3 Å². The lowest BCUT2D eigenvalue weighted by molar-refractivity contribution is -0.136. The highest BCUT2D eigenvalue weighted by atomic mass is 16.6. The van der Waals surface area contributed by atoms with Crippen molar-refractivity contribution in [1.29, 1.82) is 0 Å². The summed E-state index contributed by atoms with van der Waals surface area (Å²) in [7, 11) is 3.12. The summed E-state index contributed by atoms with van der Waals surface area (Å²) in [6.07, 6.45) is 1.87. The molecule has 4 atom stereocenters. The van der Waals surface area contributed by atoms with E-state index in [1.807, 2.05) is 0 Å². The van der Waals surface area contributed by atoms with E-state index in [2.05, 4.69) is 37.2 Å². The first-order valence-electron chi connectivity index (χ1n) is 23.5. The Morgan fingerprint density at radius 3 is 0.940 bits per heavy atom. The number of nitrogens with zero attached hydrogens (tertiary/aromatic N) is 1. The van der Waals surface area contributed by atoms with Crippen LogP contribution in [-0.4, -0.2) is 140 Å². The molecule has 0 aliphatic rings. The van der Waals surface area contributed by atoms with Gasteiger partial charge in [-0.1, -0.05) is 0 Å². The molecule has 9 N–H and O–H groups in total. The molecule has 0 aliphatic heterocycles. The summed E-state index contributed by atoms with van der Waals surface area (Å²) >= 11 is 0. The fraction of sp³-hybridized carbons (Fsp3) is 0.826. The lowest BCUT2D eigenvalue weighted by Crippen LogP contribution is -2.57. The van der Waals surface area contributed by atoms with Crippen molar-refractivity contribution in [3.63, 3.8) is 0 Å². The third-order valence-corrected chi connectivity index (χ3v) is 9.03. The molecule has 0 bridgehead atoms. The molecule has 0 aromatic rings. The Morgan fingerprint density at radius 1 is 0.403 bits per heavy atom. The maximum Gasteiger partial charge on any atom is 0.407 e. The molecule has 0 saturated carbocycles. The Balaban J connectivity index is 6.18. The molecule has 0 saturated heterocycles. The number of alkyl carbamates (subject to hydrolysis) is 4. The summed E-state index contributed by atoms with van der Waals surface area (Å²) in [5.41, 5.74) is 3.57. The van der Waals surface area contributed by atoms with Crippen molar-refractivity contribution < 1.29 is 57.3 Å². The highest BCUT2D eigenvalue weighted by Crippen LogP contribution is 2.13. The van der Waals surface area contributed by atoms with Crippen molar-refractivity contribution in [1.82, 2.24) is 42.1 Å². The molecular formula is C46H87N9O12. The average Bonchev–Trinajstić information content (AvgIpc) is 3.15. The van der Waals surface area contributed by atoms with Crippen molar-refractivity contribution in [2.75, 3.05) is 40.3 Å². The van der Waals surface area contributed by atoms with Gasteiger partial charge in [0.15, 0.2) is 0 Å². The lowest BCUT2D eigenvalue weighted by atomic mass is 10.0. The molecule has 8 amide bonds. The SMILES string of the molecule is CN(C)C(=O)[C@H](CCCCNC(=O)OC(C)(C)C)NC(=O)[C@H](CCCCNC(=O)OC(C)(C)C)NC(=O)[C@H](CCCCNC(=O)OC(C)(C)C)NC(=O)[C@@H](N)CCCCNC(=O)OC(C)(C)C. The molecule has 388 valence electrons. The second-order valence-corrected chi connectivity index (χ2v) is 20.7. The Bertz CT molecular complexity index is 1570. The lowest BCUT2D eigenvalue weighted by Gasteiger charge is -2.27. The number of carbonyl (C=O) groups is 8. The number of nitrogens with two attached hydrogens (primary N) is 1. The first kappa shape index (κ1) is 61.9. The summed E-state index contributed by atoms with van der Waals surface area (Å²) < 4.78 is 21.1. The van der Waals surface area contributed by atoms with Gasteiger partial charge < -0.3 is 66.8 Å². The smallest absolute Gasteiger partial charge is 0.407 e. The molecule has 0 aliphatic carbocycles. The van der Waals surface area contributed by atoms with Crippen LogP contribution in [0.2, 0.25) is 0 Å². The van der Waals surface area contributed by atoms with Crippen molar-refractivity contribution in [2.24, 2.45) is 5.73 Å². The topological polar surface area (TPSA) is 287 Å². The minimum Gasteiger partial charge on any atom is -0.444 e. The zero-order valence-corrected chi connectivity index (χ0v) is 43.0. The molecule has 0 unspecified atom stereocenters. The molecule has 67 heavy (non-hydrogen) atoms. The molecule has 21 heteroatoms. The maximum absolute atomic E-state index is 14.1. The van der Waals surface area contributed by atoms with Gasteiger partial charge in [-0.05, 0) is 160 Å². The Morgan fingerprint density at radius 2 is 0.657 bits per heavy atom. The number of nitrogens with one attached hydrogen (secondary N) is 7. The Labute approximate surface area is 399 Å². The summed E-state index contributed by atoms with van der Waals surface area (Å²) in [6.45, 7) is 22.0. The van der Waals surface area contributed by atoms with E-state index in [-0.39, 0.29) is 51.2 Å². The van der Waals surface area contributed by atoms with Gasteiger partial charge >= 0.3 is 24.4 Å². The highest BCUT2D eigenvalue weighted by molar-refractivity contribution is 5.94. The number of unbranched alkanes of at least 4 members (excludes halogenated alkanes) is 4. The number of rotatable bonds is 27. The van der Waals surface area contributed by atoms with E-state index in [0.29, 0.717) is 57.9 Å². The van der Waals surface area contributed by atoms with Crippen LogP contribution >= 0.6 is 0 Å². The quantitative estimate of drug-likeness (QED) is 0.0412. The Hall–Kier alpha value is -5.08. The standard InChI is InChI=1S/C46H87N9O12/c1-43(2,3)64-39(60)48-27-19-15-23-31(47)35(56)52-32(24-16-20-28-49-40(61)65-44(4,5)6)36(57)53-33(25-17-21-29-50-41(62)66-45(7,8)9)37(58)54-34(38(59)55(13)14)26-18-22-30-51-42(63)67-46(10,11)12/h31-34H,15-30,47H2,1-14H3,(H,48,60)(H,49,61)(H,50,62)(H,51,63)(H,52,56)(H,53,57)(H,54,58)/t31-,32-,33-,34-/m0/s1. The molecular weight excluding hydrogens is 871 g/mol. The normalized spacial score (nSPS) is 13.6. The van der Waals surface area contributed by atoms with Crippen LogP contribution in [0.1, 0.15) is 160 Å². The fourth-order valence-electron chi connectivity index (χ4n) is 5.99. The number of hydrogen-bond acceptors (Lipinski definition) is 13. The predicted molar refractivity (Wildman–Crippen MR) is 255 cm³/mol. The van der Waals surface area contributed by atoms with Gasteiger partial charge in [0.1, 0.15) is 40.5 Å². The number of ether oxygens (including phenoxy) is 4. The van der Waals surface area contributed by atoms with E-state index in [1.165, 1.54) is 4.90 Å². The van der Waals surface area contributed by atoms with Crippen LogP contribution in [0.5, 0.6) is 0 Å². The van der Waals surface area contributed by atoms with Crippen LogP contribution in [0.4, 0.5) is 19.2 Å². The third kappa shape index (κ3) is 34.0. The van der Waals surface area contributed by atoms with Crippen LogP contribution in [0.3, 0.4) is 0 Å². The van der Waals surface area contributed by atoms with Gasteiger partial charge in [-0.2, -0.15) is 0 Å². The summed E-state index contributed by atoms with van der Waals surface area (Å²) in [5.74, 6) is -2.28. The van der Waals surface area contributed by atoms with Crippen LogP contribution < -0.4 is 43.0 Å². The van der Waals surface area contributed by atoms with Gasteiger partial charge in [0.2, 0.25) is 23.6 Å². The van der Waals surface area contributed by atoms with Crippen molar-refractivity contribution in [3.05, 3.63) is 0 Å². The van der Waals surface area contributed by atoms with E-state index in [9.17, 15) is 38.4 Å². The van der Waals surface area contributed by atoms with Crippen LogP contribution in [0, 0.1) is 0 Å². The first-order valence-corrected chi connectivity index (χ1v) is 23.5. The van der Waals surface area contributed by atoms with E-state index >= 15 is 0 Å². The summed E-state index contributed by atoms with van der Waals surface area (Å²) in [6, 6.07) is -4.28. The van der Waals surface area contributed by atoms with Gasteiger partial charge in [-0.25, -0.2) is 19.2 Å². The average molecular weight is 958 g/mol. The van der Waals surface area contributed by atoms with Gasteiger partial charge in [0.25, 0.3) is 0 Å². The molecule has 0 aromatic heterocycles. The zero-order chi connectivity index (χ0) is 51.6. The number of carbonyl (C=O) groups excluding carboxylic acids is 8. The number of hydrogen-bond donors (Lipinski definition) is 8.